The van der Waals surface area contributed by atoms with Crippen LogP contribution in [0.15, 0.2) is 0 Å². The van der Waals surface area contributed by atoms with Crippen LogP contribution in [0.25, 0.3) is 0 Å². The van der Waals surface area contributed by atoms with Crippen molar-refractivity contribution >= 4 is 15.9 Å². The van der Waals surface area contributed by atoms with Crippen LogP contribution in [-0.2, 0) is 4.74 Å². The number of hydrogen-bond donors (Lipinski definition) is 1. The number of rotatable bonds is 0. The molecular formula is C5H9BrO2. The molecule has 0 radical (unpaired) electrons. The largest absolute Gasteiger partial charge is 0.367 e. The Hall–Kier alpha value is 0.400. The van der Waals surface area contributed by atoms with Gasteiger partial charge in [-0.2, -0.15) is 0 Å². The third-order valence-corrected chi connectivity index (χ3v) is 2.13. The number of alkyl halides is 1. The van der Waals surface area contributed by atoms with Crippen LogP contribution in [0.1, 0.15) is 12.8 Å². The molecule has 0 aromatic carbocycles. The van der Waals surface area contributed by atoms with Crippen molar-refractivity contribution in [3.63, 3.8) is 0 Å². The molecule has 2 atom stereocenters. The summed E-state index contributed by atoms with van der Waals surface area (Å²) in [5.41, 5.74) is 0. The molecule has 3 heteroatoms. The topological polar surface area (TPSA) is 29.5 Å². The third-order valence-electron chi connectivity index (χ3n) is 1.22. The number of aliphatic hydroxyl groups excluding tert-OH is 1. The lowest BCUT2D eigenvalue weighted by atomic mass is 10.2. The number of aliphatic hydroxyl groups is 1. The van der Waals surface area contributed by atoms with Crippen LogP contribution in [0.5, 0.6) is 0 Å². The van der Waals surface area contributed by atoms with Crippen LogP contribution in [0, 0.1) is 0 Å². The molecule has 0 amide bonds. The number of halogens is 1. The number of ether oxygens (including phenoxy) is 1. The zero-order valence-electron chi connectivity index (χ0n) is 4.51. The van der Waals surface area contributed by atoms with Gasteiger partial charge in [0.15, 0.2) is 6.29 Å². The van der Waals surface area contributed by atoms with Gasteiger partial charge in [-0.1, -0.05) is 15.9 Å². The average Bonchev–Trinajstić information content (AvgIpc) is 1.77. The van der Waals surface area contributed by atoms with E-state index in [1.165, 1.54) is 0 Å². The first-order valence-corrected chi connectivity index (χ1v) is 3.66. The van der Waals surface area contributed by atoms with E-state index in [0.29, 0.717) is 6.61 Å². The quantitative estimate of drug-likeness (QED) is 0.562. The van der Waals surface area contributed by atoms with Crippen LogP contribution in [0.2, 0.25) is 0 Å². The van der Waals surface area contributed by atoms with E-state index in [4.69, 9.17) is 9.84 Å². The SMILES string of the molecule is O[C@H]1OCCC[C@@H]1Br. The highest BCUT2D eigenvalue weighted by Gasteiger charge is 2.19. The van der Waals surface area contributed by atoms with Crippen LogP contribution in [0.4, 0.5) is 0 Å². The molecule has 1 N–H and O–H groups in total. The van der Waals surface area contributed by atoms with E-state index in [0.717, 1.165) is 12.8 Å². The highest BCUT2D eigenvalue weighted by Crippen LogP contribution is 2.18. The maximum Gasteiger partial charge on any atom is 0.167 e. The normalized spacial score (nSPS) is 39.8. The van der Waals surface area contributed by atoms with Gasteiger partial charge >= 0.3 is 0 Å². The minimum atomic E-state index is -0.580. The second kappa shape index (κ2) is 2.80. The van der Waals surface area contributed by atoms with E-state index in [2.05, 4.69) is 15.9 Å². The van der Waals surface area contributed by atoms with E-state index in [9.17, 15) is 0 Å². The molecule has 2 nitrogen and oxygen atoms in total. The molecule has 0 saturated carbocycles. The van der Waals surface area contributed by atoms with E-state index < -0.39 is 6.29 Å². The minimum absolute atomic E-state index is 0.149. The maximum atomic E-state index is 8.91. The molecule has 8 heavy (non-hydrogen) atoms. The zero-order valence-corrected chi connectivity index (χ0v) is 6.10. The monoisotopic (exact) mass is 180 g/mol. The lowest BCUT2D eigenvalue weighted by Gasteiger charge is -2.22. The average molecular weight is 181 g/mol. The third kappa shape index (κ3) is 1.44. The van der Waals surface area contributed by atoms with Crippen molar-refractivity contribution in [2.45, 2.75) is 24.0 Å². The summed E-state index contributed by atoms with van der Waals surface area (Å²) in [4.78, 5) is 0.149. The molecule has 1 aliphatic rings. The van der Waals surface area contributed by atoms with E-state index >= 15 is 0 Å². The van der Waals surface area contributed by atoms with E-state index in [-0.39, 0.29) is 4.83 Å². The second-order valence-corrected chi connectivity index (χ2v) is 3.10. The molecule has 0 aromatic heterocycles. The van der Waals surface area contributed by atoms with Gasteiger partial charge in [0.05, 0.1) is 4.83 Å². The van der Waals surface area contributed by atoms with E-state index in [1.54, 1.807) is 0 Å². The first kappa shape index (κ1) is 6.52. The van der Waals surface area contributed by atoms with Crippen LogP contribution in [0.3, 0.4) is 0 Å². The summed E-state index contributed by atoms with van der Waals surface area (Å²) < 4.78 is 4.90. The summed E-state index contributed by atoms with van der Waals surface area (Å²) in [6.45, 7) is 0.698. The fourth-order valence-corrected chi connectivity index (χ4v) is 1.21. The summed E-state index contributed by atoms with van der Waals surface area (Å²) in [5.74, 6) is 0. The molecule has 0 spiro atoms. The van der Waals surface area contributed by atoms with E-state index in [1.807, 2.05) is 0 Å². The summed E-state index contributed by atoms with van der Waals surface area (Å²) in [6, 6.07) is 0. The summed E-state index contributed by atoms with van der Waals surface area (Å²) in [7, 11) is 0. The Bertz CT molecular complexity index is 66.8. The molecule has 1 heterocycles. The lowest BCUT2D eigenvalue weighted by molar-refractivity contribution is -0.117. The fraction of sp³-hybridized carbons (Fsp3) is 1.00. The first-order chi connectivity index (χ1) is 3.80. The maximum absolute atomic E-state index is 8.91. The van der Waals surface area contributed by atoms with Gasteiger partial charge < -0.3 is 9.84 Å². The van der Waals surface area contributed by atoms with Crippen molar-refractivity contribution in [3.05, 3.63) is 0 Å². The molecular weight excluding hydrogens is 172 g/mol. The van der Waals surface area contributed by atoms with Crippen molar-refractivity contribution < 1.29 is 9.84 Å². The van der Waals surface area contributed by atoms with Crippen molar-refractivity contribution in [2.75, 3.05) is 6.61 Å². The summed E-state index contributed by atoms with van der Waals surface area (Å²) in [5, 5.41) is 8.91. The lowest BCUT2D eigenvalue weighted by Crippen LogP contribution is -2.28. The van der Waals surface area contributed by atoms with Crippen molar-refractivity contribution in [3.8, 4) is 0 Å². The van der Waals surface area contributed by atoms with Gasteiger partial charge in [0, 0.05) is 6.61 Å². The van der Waals surface area contributed by atoms with Gasteiger partial charge in [0.2, 0.25) is 0 Å². The molecule has 1 aliphatic heterocycles. The highest BCUT2D eigenvalue weighted by atomic mass is 79.9. The molecule has 0 bridgehead atoms. The standard InChI is InChI=1S/C5H9BrO2/c6-4-2-1-3-8-5(4)7/h4-5,7H,1-3H2/t4-,5-/m0/s1. The van der Waals surface area contributed by atoms with Crippen molar-refractivity contribution in [1.29, 1.82) is 0 Å². The van der Waals surface area contributed by atoms with Crippen molar-refractivity contribution in [2.24, 2.45) is 0 Å². The summed E-state index contributed by atoms with van der Waals surface area (Å²) >= 11 is 3.28. The number of hydrogen-bond acceptors (Lipinski definition) is 2. The summed E-state index contributed by atoms with van der Waals surface area (Å²) in [6.07, 6.45) is 1.48. The highest BCUT2D eigenvalue weighted by molar-refractivity contribution is 9.09. The van der Waals surface area contributed by atoms with Crippen LogP contribution >= 0.6 is 15.9 Å². The predicted octanol–water partition coefficient (Wildman–Crippen LogP) is 0.879. The van der Waals surface area contributed by atoms with Crippen LogP contribution in [-0.4, -0.2) is 22.8 Å². The smallest absolute Gasteiger partial charge is 0.167 e. The minimum Gasteiger partial charge on any atom is -0.367 e. The Morgan fingerprint density at radius 1 is 1.62 bits per heavy atom. The molecule has 1 rings (SSSR count). The van der Waals surface area contributed by atoms with Gasteiger partial charge in [-0.15, -0.1) is 0 Å². The predicted molar refractivity (Wildman–Crippen MR) is 33.9 cm³/mol. The molecule has 1 saturated heterocycles. The first-order valence-electron chi connectivity index (χ1n) is 2.74. The fourth-order valence-electron chi connectivity index (χ4n) is 0.729. The second-order valence-electron chi connectivity index (χ2n) is 1.92. The van der Waals surface area contributed by atoms with Gasteiger partial charge in [-0.3, -0.25) is 0 Å². The molecule has 0 aromatic rings. The Balaban J connectivity index is 2.28. The van der Waals surface area contributed by atoms with Gasteiger partial charge in [0.25, 0.3) is 0 Å². The molecule has 0 aliphatic carbocycles. The van der Waals surface area contributed by atoms with Crippen molar-refractivity contribution in [1.82, 2.24) is 0 Å². The molecule has 1 fully saturated rings. The Morgan fingerprint density at radius 3 is 2.75 bits per heavy atom. The van der Waals surface area contributed by atoms with Gasteiger partial charge in [0.1, 0.15) is 0 Å². The molecule has 0 unspecified atom stereocenters. The zero-order chi connectivity index (χ0) is 5.98. The Labute approximate surface area is 57.0 Å². The molecule has 48 valence electrons. The Kier molecular flexibility index (Phi) is 2.28. The van der Waals surface area contributed by atoms with Gasteiger partial charge in [-0.05, 0) is 12.8 Å². The van der Waals surface area contributed by atoms with Gasteiger partial charge in [-0.25, -0.2) is 0 Å². The van der Waals surface area contributed by atoms with Crippen LogP contribution < -0.4 is 0 Å². The Morgan fingerprint density at radius 2 is 2.38 bits per heavy atom.